The molecule has 0 amide bonds. The van der Waals surface area contributed by atoms with E-state index < -0.39 is 5.97 Å². The number of fused-ring (bicyclic) bond motifs is 1. The molecule has 0 aliphatic heterocycles. The summed E-state index contributed by atoms with van der Waals surface area (Å²) in [5.74, 6) is 0.281. The third-order valence-corrected chi connectivity index (χ3v) is 4.76. The summed E-state index contributed by atoms with van der Waals surface area (Å²) < 4.78 is 10.9. The Balaban J connectivity index is 2.13. The number of nitrogens with one attached hydrogen (secondary N) is 1. The number of hydrogen-bond acceptors (Lipinski definition) is 6. The summed E-state index contributed by atoms with van der Waals surface area (Å²) in [6, 6.07) is 13.7. The second kappa shape index (κ2) is 8.77. The van der Waals surface area contributed by atoms with Crippen molar-refractivity contribution in [1.29, 1.82) is 0 Å². The smallest absolute Gasteiger partial charge is 0.341 e. The molecule has 27 heavy (non-hydrogen) atoms. The van der Waals surface area contributed by atoms with Crippen LogP contribution in [0.4, 0.5) is 11.4 Å². The van der Waals surface area contributed by atoms with Crippen LogP contribution >= 0.6 is 11.8 Å². The van der Waals surface area contributed by atoms with Gasteiger partial charge in [-0.15, -0.1) is 11.8 Å². The highest BCUT2D eigenvalue weighted by molar-refractivity contribution is 7.98. The zero-order chi connectivity index (χ0) is 19.2. The third-order valence-electron chi connectivity index (χ3n) is 4.01. The fourth-order valence-electron chi connectivity index (χ4n) is 2.78. The molecule has 140 valence electrons. The minimum absolute atomic E-state index is 0.303. The molecular weight excluding hydrogens is 360 g/mol. The first kappa shape index (κ1) is 19.0. The van der Waals surface area contributed by atoms with Gasteiger partial charge in [0.25, 0.3) is 0 Å². The van der Waals surface area contributed by atoms with Gasteiger partial charge in [0.15, 0.2) is 0 Å². The Kier molecular flexibility index (Phi) is 6.19. The van der Waals surface area contributed by atoms with Crippen LogP contribution in [-0.4, -0.2) is 30.4 Å². The molecule has 1 heterocycles. The van der Waals surface area contributed by atoms with E-state index >= 15 is 0 Å². The Labute approximate surface area is 163 Å². The van der Waals surface area contributed by atoms with E-state index in [2.05, 4.69) is 10.3 Å². The highest BCUT2D eigenvalue weighted by atomic mass is 32.2. The topological polar surface area (TPSA) is 60.5 Å². The first-order valence-corrected chi connectivity index (χ1v) is 10.0. The largest absolute Gasteiger partial charge is 0.492 e. The van der Waals surface area contributed by atoms with Crippen molar-refractivity contribution in [3.8, 4) is 5.75 Å². The molecule has 3 rings (SSSR count). The quantitative estimate of drug-likeness (QED) is 0.443. The molecule has 0 spiro atoms. The van der Waals surface area contributed by atoms with Gasteiger partial charge in [-0.1, -0.05) is 12.1 Å². The summed E-state index contributed by atoms with van der Waals surface area (Å²) >= 11 is 1.68. The maximum atomic E-state index is 12.5. The van der Waals surface area contributed by atoms with Crippen molar-refractivity contribution in [1.82, 2.24) is 4.98 Å². The van der Waals surface area contributed by atoms with Crippen molar-refractivity contribution in [3.63, 3.8) is 0 Å². The lowest BCUT2D eigenvalue weighted by Gasteiger charge is -2.16. The van der Waals surface area contributed by atoms with Crippen LogP contribution in [0, 0.1) is 0 Å². The molecule has 1 aromatic heterocycles. The molecule has 5 nitrogen and oxygen atoms in total. The number of para-hydroxylation sites is 1. The fourth-order valence-corrected chi connectivity index (χ4v) is 3.19. The minimum Gasteiger partial charge on any atom is -0.492 e. The number of esters is 1. The van der Waals surface area contributed by atoms with E-state index in [0.717, 1.165) is 11.1 Å². The fraction of sp³-hybridized carbons (Fsp3) is 0.238. The molecule has 6 heteroatoms. The number of hydrogen-bond donors (Lipinski definition) is 1. The van der Waals surface area contributed by atoms with Crippen LogP contribution in [0.1, 0.15) is 24.2 Å². The second-order valence-electron chi connectivity index (χ2n) is 5.71. The lowest BCUT2D eigenvalue weighted by Crippen LogP contribution is -2.09. The molecule has 3 aromatic rings. The number of rotatable bonds is 7. The van der Waals surface area contributed by atoms with Crippen molar-refractivity contribution in [2.45, 2.75) is 18.7 Å². The first-order valence-electron chi connectivity index (χ1n) is 8.80. The highest BCUT2D eigenvalue weighted by Crippen LogP contribution is 2.34. The zero-order valence-electron chi connectivity index (χ0n) is 15.6. The molecule has 0 saturated carbocycles. The Hall–Kier alpha value is -2.73. The summed E-state index contributed by atoms with van der Waals surface area (Å²) in [5, 5.41) is 4.18. The molecule has 0 fully saturated rings. The lowest BCUT2D eigenvalue weighted by molar-refractivity contribution is 0.0527. The Bertz CT molecular complexity index is 942. The first-order chi connectivity index (χ1) is 13.2. The van der Waals surface area contributed by atoms with Crippen LogP contribution in [0.15, 0.2) is 53.6 Å². The number of thioether (sulfide) groups is 1. The molecule has 0 aliphatic carbocycles. The molecule has 0 unspecified atom stereocenters. The van der Waals surface area contributed by atoms with Gasteiger partial charge in [-0.25, -0.2) is 4.79 Å². The number of carbonyl (C=O) groups excluding carboxylic acids is 1. The Morgan fingerprint density at radius 3 is 2.56 bits per heavy atom. The third kappa shape index (κ3) is 4.17. The van der Waals surface area contributed by atoms with Crippen LogP contribution in [-0.2, 0) is 4.74 Å². The van der Waals surface area contributed by atoms with Crippen LogP contribution in [0.2, 0.25) is 0 Å². The molecule has 0 saturated heterocycles. The maximum absolute atomic E-state index is 12.5. The molecule has 0 bridgehead atoms. The molecule has 0 radical (unpaired) electrons. The van der Waals surface area contributed by atoms with Gasteiger partial charge in [0.05, 0.1) is 18.9 Å². The van der Waals surface area contributed by atoms with Gasteiger partial charge in [-0.2, -0.15) is 0 Å². The maximum Gasteiger partial charge on any atom is 0.341 e. The monoisotopic (exact) mass is 382 g/mol. The molecule has 0 aliphatic rings. The van der Waals surface area contributed by atoms with Crippen molar-refractivity contribution in [2.75, 3.05) is 24.8 Å². The van der Waals surface area contributed by atoms with Gasteiger partial charge < -0.3 is 14.8 Å². The average molecular weight is 382 g/mol. The van der Waals surface area contributed by atoms with Crippen molar-refractivity contribution in [2.24, 2.45) is 0 Å². The van der Waals surface area contributed by atoms with E-state index in [9.17, 15) is 4.79 Å². The summed E-state index contributed by atoms with van der Waals surface area (Å²) in [4.78, 5) is 18.1. The van der Waals surface area contributed by atoms with E-state index in [1.807, 2.05) is 55.6 Å². The van der Waals surface area contributed by atoms with E-state index in [4.69, 9.17) is 9.47 Å². The van der Waals surface area contributed by atoms with Gasteiger partial charge in [0.2, 0.25) is 0 Å². The standard InChI is InChI=1S/C21H22N2O3S/c1-4-25-18-8-6-7-16-19(23-14-9-11-15(27-3)12-10-14)17(13-22-20(16)18)21(24)26-5-2/h6-13H,4-5H2,1-3H3,(H,22,23). The molecule has 0 atom stereocenters. The highest BCUT2D eigenvalue weighted by Gasteiger charge is 2.18. The molecular formula is C21H22N2O3S. The van der Waals surface area contributed by atoms with E-state index in [1.165, 1.54) is 4.90 Å². The number of carbonyl (C=O) groups is 1. The van der Waals surface area contributed by atoms with Crippen LogP contribution in [0.3, 0.4) is 0 Å². The van der Waals surface area contributed by atoms with Gasteiger partial charge in [-0.3, -0.25) is 4.98 Å². The molecule has 1 N–H and O–H groups in total. The van der Waals surface area contributed by atoms with E-state index in [1.54, 1.807) is 24.9 Å². The predicted molar refractivity (Wildman–Crippen MR) is 110 cm³/mol. The second-order valence-corrected chi connectivity index (χ2v) is 6.59. The summed E-state index contributed by atoms with van der Waals surface area (Å²) in [5.41, 5.74) is 2.65. The number of anilines is 2. The van der Waals surface area contributed by atoms with Gasteiger partial charge >= 0.3 is 5.97 Å². The van der Waals surface area contributed by atoms with Crippen molar-refractivity contribution < 1.29 is 14.3 Å². The van der Waals surface area contributed by atoms with Gasteiger partial charge in [-0.05, 0) is 50.4 Å². The van der Waals surface area contributed by atoms with Crippen LogP contribution in [0.5, 0.6) is 5.75 Å². The van der Waals surface area contributed by atoms with E-state index in [0.29, 0.717) is 35.7 Å². The molecule has 2 aromatic carbocycles. The number of aromatic nitrogens is 1. The minimum atomic E-state index is -0.406. The predicted octanol–water partition coefficient (Wildman–Crippen LogP) is 5.28. The number of benzene rings is 2. The summed E-state index contributed by atoms with van der Waals surface area (Å²) in [6.45, 7) is 4.56. The van der Waals surface area contributed by atoms with Crippen molar-refractivity contribution >= 4 is 40.0 Å². The summed E-state index contributed by atoms with van der Waals surface area (Å²) in [7, 11) is 0. The van der Waals surface area contributed by atoms with E-state index in [-0.39, 0.29) is 0 Å². The van der Waals surface area contributed by atoms with Gasteiger partial charge in [0.1, 0.15) is 16.8 Å². The SMILES string of the molecule is CCOC(=O)c1cnc2c(OCC)cccc2c1Nc1ccc(SC)cc1. The summed E-state index contributed by atoms with van der Waals surface area (Å²) in [6.07, 6.45) is 3.58. The Morgan fingerprint density at radius 1 is 1.11 bits per heavy atom. The Morgan fingerprint density at radius 2 is 1.89 bits per heavy atom. The van der Waals surface area contributed by atoms with Crippen LogP contribution < -0.4 is 10.1 Å². The lowest BCUT2D eigenvalue weighted by atomic mass is 10.1. The average Bonchev–Trinajstić information content (AvgIpc) is 2.69. The van der Waals surface area contributed by atoms with Gasteiger partial charge in [0, 0.05) is 22.2 Å². The van der Waals surface area contributed by atoms with Crippen molar-refractivity contribution in [3.05, 3.63) is 54.2 Å². The normalized spacial score (nSPS) is 10.6. The number of nitrogens with zero attached hydrogens (tertiary/aromatic N) is 1. The number of ether oxygens (including phenoxy) is 2. The van der Waals surface area contributed by atoms with Crippen LogP contribution in [0.25, 0.3) is 10.9 Å². The zero-order valence-corrected chi connectivity index (χ0v) is 16.4. The number of pyridine rings is 1.